The molecule has 1 aliphatic heterocycles. The fourth-order valence-corrected chi connectivity index (χ4v) is 4.16. The lowest BCUT2D eigenvalue weighted by Crippen LogP contribution is -2.46. The molecule has 31 heavy (non-hydrogen) atoms. The number of ketones is 1. The van der Waals surface area contributed by atoms with Crippen molar-refractivity contribution in [2.75, 3.05) is 24.6 Å². The van der Waals surface area contributed by atoms with Crippen LogP contribution in [0.3, 0.4) is 0 Å². The van der Waals surface area contributed by atoms with Gasteiger partial charge in [0, 0.05) is 31.6 Å². The zero-order valence-electron chi connectivity index (χ0n) is 18.9. The van der Waals surface area contributed by atoms with Crippen LogP contribution in [0, 0.1) is 13.8 Å². The number of hydrogen-bond acceptors (Lipinski definition) is 7. The molecule has 0 spiro atoms. The number of pyridine rings is 1. The van der Waals surface area contributed by atoms with E-state index in [2.05, 4.69) is 33.9 Å². The van der Waals surface area contributed by atoms with Crippen LogP contribution in [0.15, 0.2) is 12.1 Å². The smallest absolute Gasteiger partial charge is 0.233 e. The molecule has 0 aromatic carbocycles. The number of aromatic nitrogens is 3. The van der Waals surface area contributed by atoms with E-state index in [1.807, 2.05) is 32.9 Å². The summed E-state index contributed by atoms with van der Waals surface area (Å²) in [4.78, 5) is 19.1. The Bertz CT molecular complexity index is 927. The zero-order valence-corrected chi connectivity index (χ0v) is 19.7. The molecule has 0 saturated carbocycles. The SMILES string of the molecule is CCOc1nc(C)cc(CC(=O)CCc2cc(C)c(N3C[C@@H](C)O[C@@H](C)C3)nn2)c1Cl. The van der Waals surface area contributed by atoms with Gasteiger partial charge in [-0.2, -0.15) is 5.10 Å². The molecule has 1 saturated heterocycles. The minimum Gasteiger partial charge on any atom is -0.477 e. The number of anilines is 1. The molecule has 8 heteroatoms. The van der Waals surface area contributed by atoms with Gasteiger partial charge in [-0.05, 0) is 64.3 Å². The highest BCUT2D eigenvalue weighted by molar-refractivity contribution is 6.32. The van der Waals surface area contributed by atoms with E-state index in [-0.39, 0.29) is 24.4 Å². The highest BCUT2D eigenvalue weighted by Crippen LogP contribution is 2.28. The Balaban J connectivity index is 1.61. The quantitative estimate of drug-likeness (QED) is 0.608. The van der Waals surface area contributed by atoms with Crippen molar-refractivity contribution in [3.8, 4) is 5.88 Å². The lowest BCUT2D eigenvalue weighted by Gasteiger charge is -2.36. The molecular formula is C23H31ClN4O3. The molecule has 0 bridgehead atoms. The number of rotatable bonds is 8. The second kappa shape index (κ2) is 10.4. The Hall–Kier alpha value is -2.25. The van der Waals surface area contributed by atoms with E-state index >= 15 is 0 Å². The number of carbonyl (C=O) groups excluding carboxylic acids is 1. The van der Waals surface area contributed by atoms with Crippen molar-refractivity contribution in [1.29, 1.82) is 0 Å². The molecule has 0 N–H and O–H groups in total. The van der Waals surface area contributed by atoms with Gasteiger partial charge in [0.15, 0.2) is 5.82 Å². The fourth-order valence-electron chi connectivity index (χ4n) is 3.94. The monoisotopic (exact) mass is 446 g/mol. The van der Waals surface area contributed by atoms with Gasteiger partial charge < -0.3 is 14.4 Å². The van der Waals surface area contributed by atoms with Gasteiger partial charge in [0.1, 0.15) is 10.8 Å². The maximum atomic E-state index is 12.6. The molecule has 1 aliphatic rings. The highest BCUT2D eigenvalue weighted by Gasteiger charge is 2.24. The van der Waals surface area contributed by atoms with Crippen LogP contribution in [0.5, 0.6) is 5.88 Å². The first-order chi connectivity index (χ1) is 14.8. The molecule has 0 radical (unpaired) electrons. The first-order valence-electron chi connectivity index (χ1n) is 10.8. The molecule has 3 rings (SSSR count). The number of aryl methyl sites for hydroxylation is 3. The summed E-state index contributed by atoms with van der Waals surface area (Å²) in [5.41, 5.74) is 3.40. The van der Waals surface area contributed by atoms with Crippen LogP contribution in [0.1, 0.15) is 49.7 Å². The summed E-state index contributed by atoms with van der Waals surface area (Å²) in [6.45, 7) is 12.0. The molecule has 0 unspecified atom stereocenters. The number of ether oxygens (including phenoxy) is 2. The Morgan fingerprint density at radius 3 is 2.58 bits per heavy atom. The average Bonchev–Trinajstić information content (AvgIpc) is 2.69. The maximum Gasteiger partial charge on any atom is 0.233 e. The lowest BCUT2D eigenvalue weighted by atomic mass is 10.0. The van der Waals surface area contributed by atoms with Crippen LogP contribution in [-0.2, 0) is 22.4 Å². The number of nitrogens with zero attached hydrogens (tertiary/aromatic N) is 4. The summed E-state index contributed by atoms with van der Waals surface area (Å²) < 4.78 is 11.3. The third kappa shape index (κ3) is 6.14. The Morgan fingerprint density at radius 2 is 1.94 bits per heavy atom. The third-order valence-electron chi connectivity index (χ3n) is 5.19. The van der Waals surface area contributed by atoms with Crippen molar-refractivity contribution < 1.29 is 14.3 Å². The molecule has 2 aromatic rings. The molecule has 1 fully saturated rings. The number of hydrogen-bond donors (Lipinski definition) is 0. The van der Waals surface area contributed by atoms with Crippen LogP contribution in [-0.4, -0.2) is 52.9 Å². The number of morpholine rings is 1. The molecule has 3 heterocycles. The van der Waals surface area contributed by atoms with Gasteiger partial charge in [-0.25, -0.2) is 4.98 Å². The summed E-state index contributed by atoms with van der Waals surface area (Å²) >= 11 is 6.38. The number of carbonyl (C=O) groups is 1. The molecule has 2 atom stereocenters. The lowest BCUT2D eigenvalue weighted by molar-refractivity contribution is -0.118. The first-order valence-corrected chi connectivity index (χ1v) is 11.2. The van der Waals surface area contributed by atoms with Gasteiger partial charge in [-0.3, -0.25) is 4.79 Å². The largest absolute Gasteiger partial charge is 0.477 e. The van der Waals surface area contributed by atoms with E-state index in [0.717, 1.165) is 41.4 Å². The standard InChI is InChI=1S/C23H31ClN4O3/c1-6-30-23-21(24)18(10-15(3)25-23)11-20(29)8-7-19-9-14(2)22(27-26-19)28-12-16(4)31-17(5)13-28/h9-10,16-17H,6-8,11-13H2,1-5H3/t16-,17+. The molecule has 0 aliphatic carbocycles. The van der Waals surface area contributed by atoms with Crippen LogP contribution in [0.2, 0.25) is 5.02 Å². The molecule has 2 aromatic heterocycles. The Morgan fingerprint density at radius 1 is 1.23 bits per heavy atom. The minimum atomic E-state index is 0.0920. The first kappa shape index (κ1) is 23.4. The summed E-state index contributed by atoms with van der Waals surface area (Å²) in [5.74, 6) is 1.37. The maximum absolute atomic E-state index is 12.6. The van der Waals surface area contributed by atoms with Crippen LogP contribution in [0.4, 0.5) is 5.82 Å². The summed E-state index contributed by atoms with van der Waals surface area (Å²) in [7, 11) is 0. The average molecular weight is 447 g/mol. The summed E-state index contributed by atoms with van der Waals surface area (Å²) in [6.07, 6.45) is 1.49. The van der Waals surface area contributed by atoms with Crippen LogP contribution in [0.25, 0.3) is 0 Å². The van der Waals surface area contributed by atoms with E-state index in [4.69, 9.17) is 21.1 Å². The fraction of sp³-hybridized carbons (Fsp3) is 0.565. The van der Waals surface area contributed by atoms with Crippen LogP contribution < -0.4 is 9.64 Å². The van der Waals surface area contributed by atoms with E-state index < -0.39 is 0 Å². The van der Waals surface area contributed by atoms with Crippen molar-refractivity contribution in [3.63, 3.8) is 0 Å². The topological polar surface area (TPSA) is 77.4 Å². The van der Waals surface area contributed by atoms with E-state index in [9.17, 15) is 4.79 Å². The van der Waals surface area contributed by atoms with E-state index in [1.165, 1.54) is 0 Å². The second-order valence-corrected chi connectivity index (χ2v) is 8.57. The Labute approximate surface area is 189 Å². The van der Waals surface area contributed by atoms with Crippen molar-refractivity contribution in [3.05, 3.63) is 39.7 Å². The van der Waals surface area contributed by atoms with Gasteiger partial charge in [0.25, 0.3) is 0 Å². The van der Waals surface area contributed by atoms with Crippen LogP contribution >= 0.6 is 11.6 Å². The van der Waals surface area contributed by atoms with Gasteiger partial charge in [0.2, 0.25) is 5.88 Å². The summed E-state index contributed by atoms with van der Waals surface area (Å²) in [5, 5.41) is 9.24. The van der Waals surface area contributed by atoms with Gasteiger partial charge in [-0.15, -0.1) is 5.10 Å². The second-order valence-electron chi connectivity index (χ2n) is 8.19. The molecule has 168 valence electrons. The summed E-state index contributed by atoms with van der Waals surface area (Å²) in [6, 6.07) is 3.86. The van der Waals surface area contributed by atoms with E-state index in [0.29, 0.717) is 30.4 Å². The molecular weight excluding hydrogens is 416 g/mol. The zero-order chi connectivity index (χ0) is 22.5. The molecule has 7 nitrogen and oxygen atoms in total. The van der Waals surface area contributed by atoms with Crippen molar-refractivity contribution in [1.82, 2.24) is 15.2 Å². The van der Waals surface area contributed by atoms with Gasteiger partial charge >= 0.3 is 0 Å². The van der Waals surface area contributed by atoms with Crippen molar-refractivity contribution >= 4 is 23.2 Å². The predicted molar refractivity (Wildman–Crippen MR) is 121 cm³/mol. The number of halogens is 1. The van der Waals surface area contributed by atoms with Crippen molar-refractivity contribution in [2.45, 2.75) is 66.1 Å². The predicted octanol–water partition coefficient (Wildman–Crippen LogP) is 3.90. The Kier molecular flexibility index (Phi) is 7.84. The highest BCUT2D eigenvalue weighted by atomic mass is 35.5. The van der Waals surface area contributed by atoms with E-state index in [1.54, 1.807) is 0 Å². The third-order valence-corrected chi connectivity index (χ3v) is 5.59. The number of Topliss-reactive ketones (excluding diaryl/α,β-unsaturated/α-hetero) is 1. The minimum absolute atomic E-state index is 0.0920. The normalized spacial score (nSPS) is 18.8. The van der Waals surface area contributed by atoms with Crippen molar-refractivity contribution in [2.24, 2.45) is 0 Å². The van der Waals surface area contributed by atoms with Gasteiger partial charge in [-0.1, -0.05) is 11.6 Å². The van der Waals surface area contributed by atoms with Gasteiger partial charge in [0.05, 0.1) is 24.5 Å². The molecule has 0 amide bonds.